The molecule has 118 valence electrons. The molecule has 0 aliphatic carbocycles. The fourth-order valence-electron chi connectivity index (χ4n) is 2.40. The molecule has 1 saturated heterocycles. The highest BCUT2D eigenvalue weighted by Gasteiger charge is 2.16. The maximum atomic E-state index is 6.00. The first kappa shape index (κ1) is 16.0. The molecule has 6 nitrogen and oxygen atoms in total. The topological polar surface area (TPSA) is 76.3 Å². The summed E-state index contributed by atoms with van der Waals surface area (Å²) in [6, 6.07) is 0.302. The minimum Gasteiger partial charge on any atom is -0.383 e. The lowest BCUT2D eigenvalue weighted by molar-refractivity contribution is 0.0368. The van der Waals surface area contributed by atoms with E-state index in [4.69, 9.17) is 10.5 Å². The number of ether oxygens (including phenoxy) is 1. The summed E-state index contributed by atoms with van der Waals surface area (Å²) in [5.74, 6) is 2.48. The Morgan fingerprint density at radius 3 is 2.52 bits per heavy atom. The SMILES string of the molecule is Cc1c(N)nc(C(C)C)nc1NC(C)CN1CCOCC1. The minimum atomic E-state index is 0.267. The van der Waals surface area contributed by atoms with Gasteiger partial charge in [-0.2, -0.15) is 0 Å². The third-order valence-corrected chi connectivity index (χ3v) is 3.74. The number of anilines is 2. The maximum absolute atomic E-state index is 6.00. The normalized spacial score (nSPS) is 18.0. The summed E-state index contributed by atoms with van der Waals surface area (Å²) >= 11 is 0. The zero-order valence-corrected chi connectivity index (χ0v) is 13.5. The molecule has 1 aromatic heterocycles. The van der Waals surface area contributed by atoms with Gasteiger partial charge < -0.3 is 15.8 Å². The van der Waals surface area contributed by atoms with Crippen LogP contribution in [0.2, 0.25) is 0 Å². The Morgan fingerprint density at radius 1 is 1.24 bits per heavy atom. The van der Waals surface area contributed by atoms with Gasteiger partial charge in [-0.15, -0.1) is 0 Å². The van der Waals surface area contributed by atoms with Gasteiger partial charge in [0.1, 0.15) is 17.5 Å². The Kier molecular flexibility index (Phi) is 5.36. The van der Waals surface area contributed by atoms with Gasteiger partial charge in [0.2, 0.25) is 0 Å². The summed E-state index contributed by atoms with van der Waals surface area (Å²) in [5, 5.41) is 3.48. The lowest BCUT2D eigenvalue weighted by Crippen LogP contribution is -2.42. The van der Waals surface area contributed by atoms with Gasteiger partial charge in [-0.3, -0.25) is 4.90 Å². The first-order chi connectivity index (χ1) is 9.97. The largest absolute Gasteiger partial charge is 0.383 e. The predicted molar refractivity (Wildman–Crippen MR) is 85.6 cm³/mol. The molecule has 3 N–H and O–H groups in total. The van der Waals surface area contributed by atoms with Crippen molar-refractivity contribution < 1.29 is 4.74 Å². The van der Waals surface area contributed by atoms with Crippen molar-refractivity contribution in [3.63, 3.8) is 0 Å². The molecule has 0 saturated carbocycles. The van der Waals surface area contributed by atoms with Gasteiger partial charge in [-0.25, -0.2) is 9.97 Å². The van der Waals surface area contributed by atoms with Crippen LogP contribution in [0.3, 0.4) is 0 Å². The molecular formula is C15H27N5O. The van der Waals surface area contributed by atoms with Gasteiger partial charge in [-0.05, 0) is 13.8 Å². The predicted octanol–water partition coefficient (Wildman–Crippen LogP) is 1.62. The van der Waals surface area contributed by atoms with Gasteiger partial charge in [0.15, 0.2) is 0 Å². The van der Waals surface area contributed by atoms with Crippen LogP contribution in [0.25, 0.3) is 0 Å². The molecule has 0 aromatic carbocycles. The van der Waals surface area contributed by atoms with Gasteiger partial charge in [0.05, 0.1) is 13.2 Å². The second-order valence-electron chi connectivity index (χ2n) is 6.05. The number of nitrogens with zero attached hydrogens (tertiary/aromatic N) is 3. The number of nitrogens with one attached hydrogen (secondary N) is 1. The zero-order valence-electron chi connectivity index (χ0n) is 13.5. The Bertz CT molecular complexity index is 471. The number of hydrogen-bond acceptors (Lipinski definition) is 6. The van der Waals surface area contributed by atoms with Crippen LogP contribution in [0.15, 0.2) is 0 Å². The Labute approximate surface area is 127 Å². The van der Waals surface area contributed by atoms with Crippen molar-refractivity contribution in [2.45, 2.75) is 39.7 Å². The van der Waals surface area contributed by atoms with Crippen LogP contribution in [0.5, 0.6) is 0 Å². The average molecular weight is 293 g/mol. The standard InChI is InChI=1S/C15H27N5O/c1-10(2)14-18-13(16)12(4)15(19-14)17-11(3)9-20-5-7-21-8-6-20/h10-11H,5-9H2,1-4H3,(H3,16,17,18,19). The molecule has 2 heterocycles. The number of rotatable bonds is 5. The van der Waals surface area contributed by atoms with Crippen molar-refractivity contribution in [2.24, 2.45) is 0 Å². The van der Waals surface area contributed by atoms with E-state index in [1.165, 1.54) is 0 Å². The molecule has 0 bridgehead atoms. The zero-order chi connectivity index (χ0) is 15.4. The maximum Gasteiger partial charge on any atom is 0.135 e. The van der Waals surface area contributed by atoms with Crippen molar-refractivity contribution in [3.05, 3.63) is 11.4 Å². The first-order valence-electron chi connectivity index (χ1n) is 7.68. The number of aromatic nitrogens is 2. The van der Waals surface area contributed by atoms with E-state index in [0.29, 0.717) is 11.9 Å². The van der Waals surface area contributed by atoms with E-state index in [1.807, 2.05) is 6.92 Å². The molecule has 1 fully saturated rings. The smallest absolute Gasteiger partial charge is 0.135 e. The average Bonchev–Trinajstić information content (AvgIpc) is 2.44. The van der Waals surface area contributed by atoms with Crippen LogP contribution in [-0.2, 0) is 4.74 Å². The van der Waals surface area contributed by atoms with Crippen molar-refractivity contribution in [1.29, 1.82) is 0 Å². The van der Waals surface area contributed by atoms with E-state index >= 15 is 0 Å². The van der Waals surface area contributed by atoms with Crippen molar-refractivity contribution in [1.82, 2.24) is 14.9 Å². The summed E-state index contributed by atoms with van der Waals surface area (Å²) in [6.07, 6.45) is 0. The highest BCUT2D eigenvalue weighted by molar-refractivity contribution is 5.55. The van der Waals surface area contributed by atoms with E-state index in [1.54, 1.807) is 0 Å². The first-order valence-corrected chi connectivity index (χ1v) is 7.68. The van der Waals surface area contributed by atoms with Crippen LogP contribution >= 0.6 is 0 Å². The van der Waals surface area contributed by atoms with Crippen molar-refractivity contribution in [2.75, 3.05) is 43.9 Å². The second-order valence-corrected chi connectivity index (χ2v) is 6.05. The Balaban J connectivity index is 2.03. The molecule has 1 aromatic rings. The third kappa shape index (κ3) is 4.28. The van der Waals surface area contributed by atoms with E-state index in [9.17, 15) is 0 Å². The van der Waals surface area contributed by atoms with Crippen LogP contribution < -0.4 is 11.1 Å². The van der Waals surface area contributed by atoms with Gasteiger partial charge in [0, 0.05) is 37.2 Å². The molecule has 0 amide bonds. The van der Waals surface area contributed by atoms with Crippen LogP contribution in [0, 0.1) is 6.92 Å². The monoisotopic (exact) mass is 293 g/mol. The van der Waals surface area contributed by atoms with E-state index in [0.717, 1.165) is 50.1 Å². The van der Waals surface area contributed by atoms with Crippen LogP contribution in [0.1, 0.15) is 38.1 Å². The number of morpholine rings is 1. The highest BCUT2D eigenvalue weighted by atomic mass is 16.5. The summed E-state index contributed by atoms with van der Waals surface area (Å²) in [4.78, 5) is 11.4. The van der Waals surface area contributed by atoms with Crippen LogP contribution in [-0.4, -0.2) is 53.8 Å². The summed E-state index contributed by atoms with van der Waals surface area (Å²) in [5.41, 5.74) is 6.93. The Hall–Kier alpha value is -1.40. The summed E-state index contributed by atoms with van der Waals surface area (Å²) in [7, 11) is 0. The molecule has 0 radical (unpaired) electrons. The summed E-state index contributed by atoms with van der Waals surface area (Å²) in [6.45, 7) is 12.9. The van der Waals surface area contributed by atoms with E-state index in [-0.39, 0.29) is 5.92 Å². The molecule has 1 unspecified atom stereocenters. The Morgan fingerprint density at radius 2 is 1.90 bits per heavy atom. The van der Waals surface area contributed by atoms with Crippen LogP contribution in [0.4, 0.5) is 11.6 Å². The second kappa shape index (κ2) is 7.04. The number of nitrogens with two attached hydrogens (primary N) is 1. The molecule has 1 atom stereocenters. The fourth-order valence-corrected chi connectivity index (χ4v) is 2.40. The molecule has 1 aliphatic rings. The van der Waals surface area contributed by atoms with Crippen molar-refractivity contribution >= 4 is 11.6 Å². The molecule has 2 rings (SSSR count). The quantitative estimate of drug-likeness (QED) is 0.859. The number of hydrogen-bond donors (Lipinski definition) is 2. The summed E-state index contributed by atoms with van der Waals surface area (Å²) < 4.78 is 5.38. The van der Waals surface area contributed by atoms with Gasteiger partial charge >= 0.3 is 0 Å². The van der Waals surface area contributed by atoms with Gasteiger partial charge in [0.25, 0.3) is 0 Å². The molecule has 6 heteroatoms. The lowest BCUT2D eigenvalue weighted by Gasteiger charge is -2.29. The molecule has 21 heavy (non-hydrogen) atoms. The lowest BCUT2D eigenvalue weighted by atomic mass is 10.2. The van der Waals surface area contributed by atoms with Crippen molar-refractivity contribution in [3.8, 4) is 0 Å². The highest BCUT2D eigenvalue weighted by Crippen LogP contribution is 2.21. The molecule has 0 spiro atoms. The molecule has 1 aliphatic heterocycles. The van der Waals surface area contributed by atoms with E-state index in [2.05, 4.69) is 41.0 Å². The van der Waals surface area contributed by atoms with E-state index < -0.39 is 0 Å². The number of nitrogen functional groups attached to an aromatic ring is 1. The van der Waals surface area contributed by atoms with Gasteiger partial charge in [-0.1, -0.05) is 13.8 Å². The minimum absolute atomic E-state index is 0.267. The molecular weight excluding hydrogens is 266 g/mol. The fraction of sp³-hybridized carbons (Fsp3) is 0.733. The third-order valence-electron chi connectivity index (χ3n) is 3.74.